The van der Waals surface area contributed by atoms with E-state index in [0.717, 1.165) is 5.69 Å². The van der Waals surface area contributed by atoms with Crippen molar-refractivity contribution < 1.29 is 48.2 Å². The molecular weight excluding hydrogens is 813 g/mol. The molecule has 4 N–H and O–H groups in total. The number of ether oxygens (including phenoxy) is 1. The van der Waals surface area contributed by atoms with Crippen LogP contribution in [0.5, 0.6) is 5.75 Å². The normalized spacial score (nSPS) is 25.4. The van der Waals surface area contributed by atoms with E-state index in [1.807, 2.05) is 43.3 Å². The summed E-state index contributed by atoms with van der Waals surface area (Å²) < 4.78 is 5.85. The maximum atomic E-state index is 15.0. The van der Waals surface area contributed by atoms with E-state index < -0.39 is 95.2 Å². The summed E-state index contributed by atoms with van der Waals surface area (Å²) in [6, 6.07) is 10.1. The molecule has 6 amide bonds. The summed E-state index contributed by atoms with van der Waals surface area (Å²) in [6.07, 6.45) is 0.175. The van der Waals surface area contributed by atoms with E-state index in [-0.39, 0.29) is 56.5 Å². The Morgan fingerprint density at radius 3 is 2.24 bits per heavy atom. The van der Waals surface area contributed by atoms with Crippen molar-refractivity contribution in [3.8, 4) is 5.75 Å². The zero-order chi connectivity index (χ0) is 45.5. The summed E-state index contributed by atoms with van der Waals surface area (Å²) in [4.78, 5) is 123. The smallest absolute Gasteiger partial charge is 0.333 e. The first-order valence-electron chi connectivity index (χ1n) is 21.1. The largest absolute Gasteiger partial charge is 0.505 e. The quantitative estimate of drug-likeness (QED) is 0.247. The van der Waals surface area contributed by atoms with Gasteiger partial charge in [0.15, 0.2) is 11.7 Å². The molecular formula is C45H54N8O10. The number of pyridine rings is 1. The van der Waals surface area contributed by atoms with Gasteiger partial charge in [-0.3, -0.25) is 33.6 Å². The van der Waals surface area contributed by atoms with Crippen molar-refractivity contribution in [2.75, 3.05) is 39.1 Å². The number of Topliss-reactive ketones (excluding diaryl/α,β-unsaturated/α-hetero) is 1. The molecule has 0 aliphatic carbocycles. The number of aromatic hydroxyl groups is 1. The molecule has 2 aromatic carbocycles. The van der Waals surface area contributed by atoms with Crippen LogP contribution in [0.4, 0.5) is 5.69 Å². The van der Waals surface area contributed by atoms with Crippen LogP contribution in [0.2, 0.25) is 0 Å². The van der Waals surface area contributed by atoms with Crippen LogP contribution in [0, 0.1) is 0 Å². The molecule has 0 radical (unpaired) electrons. The number of aromatic nitrogens is 1. The number of benzene rings is 2. The Kier molecular flexibility index (Phi) is 14.4. The number of esters is 1. The minimum absolute atomic E-state index is 0.0299. The van der Waals surface area contributed by atoms with Crippen LogP contribution in [0.3, 0.4) is 0 Å². The van der Waals surface area contributed by atoms with Gasteiger partial charge in [-0.15, -0.1) is 0 Å². The first-order valence-corrected chi connectivity index (χ1v) is 21.1. The maximum absolute atomic E-state index is 15.0. The molecule has 7 atom stereocenters. The predicted octanol–water partition coefficient (Wildman–Crippen LogP) is 1.27. The summed E-state index contributed by atoms with van der Waals surface area (Å²) in [7, 11) is 5.25. The second-order valence-corrected chi connectivity index (χ2v) is 16.2. The van der Waals surface area contributed by atoms with Crippen molar-refractivity contribution >= 4 is 52.9 Å². The number of ketones is 1. The van der Waals surface area contributed by atoms with Crippen LogP contribution < -0.4 is 20.9 Å². The molecule has 1 unspecified atom stereocenters. The van der Waals surface area contributed by atoms with E-state index in [1.165, 1.54) is 47.0 Å². The van der Waals surface area contributed by atoms with Crippen molar-refractivity contribution in [1.29, 1.82) is 0 Å². The van der Waals surface area contributed by atoms with Crippen molar-refractivity contribution in [3.05, 3.63) is 89.7 Å². The number of fused-ring (bicyclic) bond motifs is 2. The van der Waals surface area contributed by atoms with E-state index in [4.69, 9.17) is 4.74 Å². The van der Waals surface area contributed by atoms with E-state index in [2.05, 4.69) is 20.9 Å². The van der Waals surface area contributed by atoms with Gasteiger partial charge >= 0.3 is 5.97 Å². The van der Waals surface area contributed by atoms with Crippen LogP contribution in [-0.4, -0.2) is 143 Å². The lowest BCUT2D eigenvalue weighted by Crippen LogP contribution is -2.61. The minimum atomic E-state index is -1.68. The molecule has 4 heterocycles. The highest BCUT2D eigenvalue weighted by Crippen LogP contribution is 2.27. The van der Waals surface area contributed by atoms with Crippen LogP contribution in [0.1, 0.15) is 73.6 Å². The zero-order valence-corrected chi connectivity index (χ0v) is 36.0. The Balaban J connectivity index is 1.44. The molecule has 3 aromatic rings. The third-order valence-electron chi connectivity index (χ3n) is 11.8. The van der Waals surface area contributed by atoms with E-state index >= 15 is 0 Å². The highest BCUT2D eigenvalue weighted by atomic mass is 16.5. The van der Waals surface area contributed by atoms with Crippen molar-refractivity contribution in [2.45, 2.75) is 94.7 Å². The summed E-state index contributed by atoms with van der Waals surface area (Å²) in [5.41, 5.74) is 1.45. The molecule has 3 fully saturated rings. The Morgan fingerprint density at radius 1 is 0.873 bits per heavy atom. The first-order chi connectivity index (χ1) is 30.1. The molecule has 18 heteroatoms. The number of nitrogens with one attached hydrogen (secondary N) is 3. The number of cyclic esters (lactones) is 1. The van der Waals surface area contributed by atoms with Gasteiger partial charge in [-0.25, -0.2) is 9.78 Å². The SMILES string of the molecule is CC[C@H]1NC(=O)[C@H](NC(=O)c2ncccc2O)[C@@H](C)OC(=O)[C@@H](c2ccccc2)NC(=O)[C@H]2CC(=O)CCN2C(=O)C(Cc2ccc(N(C)C)cc2)N(C)C(=O)[C@H]2CCCN2C1=O. The maximum Gasteiger partial charge on any atom is 0.333 e. The third-order valence-corrected chi connectivity index (χ3v) is 11.8. The second-order valence-electron chi connectivity index (χ2n) is 16.2. The fraction of sp³-hybridized carbons (Fsp3) is 0.444. The van der Waals surface area contributed by atoms with Gasteiger partial charge in [0.25, 0.3) is 5.91 Å². The molecule has 18 nitrogen and oxygen atoms in total. The molecule has 0 bridgehead atoms. The average Bonchev–Trinajstić information content (AvgIpc) is 3.77. The summed E-state index contributed by atoms with van der Waals surface area (Å²) in [5, 5.41) is 18.2. The lowest BCUT2D eigenvalue weighted by Gasteiger charge is -2.40. The van der Waals surface area contributed by atoms with Crippen LogP contribution in [-0.2, 0) is 44.7 Å². The number of likely N-dealkylation sites (N-methyl/N-ethyl adjacent to an activating group) is 1. The predicted molar refractivity (Wildman–Crippen MR) is 228 cm³/mol. The number of carbonyl (C=O) groups excluding carboxylic acids is 8. The van der Waals surface area contributed by atoms with Gasteiger partial charge in [0.05, 0.1) is 0 Å². The van der Waals surface area contributed by atoms with Gasteiger partial charge in [0, 0.05) is 65.4 Å². The number of piperidine rings is 1. The summed E-state index contributed by atoms with van der Waals surface area (Å²) in [6.45, 7) is 3.02. The van der Waals surface area contributed by atoms with Crippen LogP contribution in [0.25, 0.3) is 0 Å². The molecule has 0 spiro atoms. The molecule has 334 valence electrons. The average molecular weight is 867 g/mol. The number of amides is 6. The molecule has 63 heavy (non-hydrogen) atoms. The van der Waals surface area contributed by atoms with Crippen molar-refractivity contribution in [1.82, 2.24) is 35.6 Å². The lowest BCUT2D eigenvalue weighted by molar-refractivity contribution is -0.156. The number of carbonyl (C=O) groups is 8. The summed E-state index contributed by atoms with van der Waals surface area (Å²) in [5.74, 6) is -6.33. The van der Waals surface area contributed by atoms with Gasteiger partial charge in [0.2, 0.25) is 29.5 Å². The van der Waals surface area contributed by atoms with Gasteiger partial charge in [-0.1, -0.05) is 49.4 Å². The topological polar surface area (TPSA) is 228 Å². The van der Waals surface area contributed by atoms with Gasteiger partial charge < -0.3 is 45.4 Å². The first kappa shape index (κ1) is 45.7. The number of anilines is 1. The highest BCUT2D eigenvalue weighted by molar-refractivity contribution is 6.01. The fourth-order valence-electron chi connectivity index (χ4n) is 8.20. The second kappa shape index (κ2) is 19.9. The molecule has 3 saturated heterocycles. The Hall–Kier alpha value is -6.85. The minimum Gasteiger partial charge on any atom is -0.505 e. The lowest BCUT2D eigenvalue weighted by atomic mass is 9.95. The number of hydrogen-bond donors (Lipinski definition) is 4. The monoisotopic (exact) mass is 866 g/mol. The Labute approximate surface area is 365 Å². The van der Waals surface area contributed by atoms with Crippen LogP contribution >= 0.6 is 0 Å². The Bertz CT molecular complexity index is 2220. The third kappa shape index (κ3) is 10.3. The Morgan fingerprint density at radius 2 is 1.57 bits per heavy atom. The molecule has 0 saturated carbocycles. The van der Waals surface area contributed by atoms with Gasteiger partial charge in [-0.2, -0.15) is 0 Å². The molecule has 3 aliphatic rings. The standard InChI is InChI=1S/C45H54N8O10/c1-6-31-42(59)52-22-11-14-32(52)43(60)51(5)34(24-27-16-18-29(19-17-27)50(3)4)44(61)53-23-20-30(54)25-33(53)39(56)49-37(28-12-8-7-9-13-28)45(62)63-26(2)36(40(57)47-31)48-41(58)38-35(55)15-10-21-46-38/h7-10,12-13,15-19,21,26,31-34,36-37,55H,6,11,14,20,22-25H2,1-5H3,(H,47,57)(H,48,58)(H,49,56)/t26-,31-,32-,33-,34?,36-,37-/m1/s1. The van der Waals surface area contributed by atoms with Gasteiger partial charge in [0.1, 0.15) is 47.8 Å². The van der Waals surface area contributed by atoms with E-state index in [1.54, 1.807) is 37.3 Å². The van der Waals surface area contributed by atoms with E-state index in [9.17, 15) is 43.5 Å². The highest BCUT2D eigenvalue weighted by Gasteiger charge is 2.45. The number of nitrogens with zero attached hydrogens (tertiary/aromatic N) is 5. The zero-order valence-electron chi connectivity index (χ0n) is 36.0. The van der Waals surface area contributed by atoms with Crippen molar-refractivity contribution in [3.63, 3.8) is 0 Å². The molecule has 6 rings (SSSR count). The van der Waals surface area contributed by atoms with Crippen LogP contribution in [0.15, 0.2) is 72.9 Å². The van der Waals surface area contributed by atoms with E-state index in [0.29, 0.717) is 12.0 Å². The number of rotatable bonds is 7. The molecule has 1 aromatic heterocycles. The fourth-order valence-corrected chi connectivity index (χ4v) is 8.20. The van der Waals surface area contributed by atoms with Gasteiger partial charge in [-0.05, 0) is 61.6 Å². The number of hydrogen-bond acceptors (Lipinski definition) is 12. The molecule has 3 aliphatic heterocycles. The summed E-state index contributed by atoms with van der Waals surface area (Å²) >= 11 is 0. The van der Waals surface area contributed by atoms with Crippen molar-refractivity contribution in [2.24, 2.45) is 0 Å².